The minimum Gasteiger partial charge on any atom is -0.364 e. The van der Waals surface area contributed by atoms with E-state index in [9.17, 15) is 13.2 Å². The number of benzene rings is 1. The van der Waals surface area contributed by atoms with Crippen molar-refractivity contribution in [1.82, 2.24) is 28.7 Å². The third kappa shape index (κ3) is 4.79. The van der Waals surface area contributed by atoms with Gasteiger partial charge in [0.1, 0.15) is 0 Å². The van der Waals surface area contributed by atoms with E-state index in [0.29, 0.717) is 31.6 Å². The first-order valence-electron chi connectivity index (χ1n) is 10.8. The fourth-order valence-corrected chi connectivity index (χ4v) is 5.23. The highest BCUT2D eigenvalue weighted by Gasteiger charge is 2.30. The van der Waals surface area contributed by atoms with Gasteiger partial charge in [-0.2, -0.15) is 0 Å². The first-order chi connectivity index (χ1) is 15.7. The third-order valence-electron chi connectivity index (χ3n) is 5.94. The molecule has 1 aromatic carbocycles. The molecule has 0 spiro atoms. The average molecular weight is 472 g/mol. The number of nitrogens with one attached hydrogen (secondary N) is 1. The molecule has 0 saturated carbocycles. The lowest BCUT2D eigenvalue weighted by Gasteiger charge is -2.36. The molecule has 2 aromatic heterocycles. The van der Waals surface area contributed by atoms with Crippen molar-refractivity contribution in [2.45, 2.75) is 31.0 Å². The van der Waals surface area contributed by atoms with Gasteiger partial charge < -0.3 is 18.9 Å². The van der Waals surface area contributed by atoms with Crippen molar-refractivity contribution < 1.29 is 13.2 Å². The summed E-state index contributed by atoms with van der Waals surface area (Å²) in [6.45, 7) is 3.57. The molecule has 176 valence electrons. The van der Waals surface area contributed by atoms with Gasteiger partial charge in [-0.3, -0.25) is 4.79 Å². The molecule has 3 heterocycles. The Balaban J connectivity index is 1.66. The Hall–Kier alpha value is -3.18. The Morgan fingerprint density at radius 3 is 2.70 bits per heavy atom. The van der Waals surface area contributed by atoms with E-state index in [1.807, 2.05) is 36.7 Å². The first kappa shape index (κ1) is 23.0. The minimum absolute atomic E-state index is 0.0116. The van der Waals surface area contributed by atoms with Crippen LogP contribution in [0.15, 0.2) is 48.3 Å². The Labute approximate surface area is 193 Å². The van der Waals surface area contributed by atoms with Gasteiger partial charge in [-0.05, 0) is 37.1 Å². The van der Waals surface area contributed by atoms with E-state index in [2.05, 4.69) is 19.6 Å². The number of aryl methyl sites for hydroxylation is 2. The number of imidazole rings is 2. The van der Waals surface area contributed by atoms with E-state index in [-0.39, 0.29) is 17.0 Å². The quantitative estimate of drug-likeness (QED) is 0.554. The van der Waals surface area contributed by atoms with Crippen LogP contribution in [0.1, 0.15) is 28.5 Å². The zero-order chi connectivity index (χ0) is 23.8. The second-order valence-electron chi connectivity index (χ2n) is 8.44. The molecule has 1 aliphatic rings. The van der Waals surface area contributed by atoms with E-state index in [4.69, 9.17) is 0 Å². The molecule has 0 bridgehead atoms. The molecule has 0 aliphatic carbocycles. The average Bonchev–Trinajstić information content (AvgIpc) is 3.40. The number of amides is 1. The normalized spacial score (nSPS) is 16.0. The van der Waals surface area contributed by atoms with Crippen molar-refractivity contribution >= 4 is 21.6 Å². The van der Waals surface area contributed by atoms with E-state index in [0.717, 1.165) is 16.9 Å². The Kier molecular flexibility index (Phi) is 6.26. The number of hydrogen-bond acceptors (Lipinski definition) is 6. The highest BCUT2D eigenvalue weighted by Crippen LogP contribution is 2.30. The Morgan fingerprint density at radius 1 is 1.27 bits per heavy atom. The van der Waals surface area contributed by atoms with Crippen LogP contribution in [0.2, 0.25) is 0 Å². The van der Waals surface area contributed by atoms with Gasteiger partial charge in [0, 0.05) is 63.9 Å². The predicted molar refractivity (Wildman–Crippen MR) is 124 cm³/mol. The van der Waals surface area contributed by atoms with Crippen LogP contribution in [-0.4, -0.2) is 64.5 Å². The summed E-state index contributed by atoms with van der Waals surface area (Å²) in [4.78, 5) is 24.7. The molecule has 10 nitrogen and oxygen atoms in total. The fraction of sp³-hybridized carbons (Fsp3) is 0.409. The highest BCUT2D eigenvalue weighted by molar-refractivity contribution is 7.89. The molecule has 0 radical (unpaired) electrons. The zero-order valence-corrected chi connectivity index (χ0v) is 20.1. The Bertz CT molecular complexity index is 1260. The molecule has 33 heavy (non-hydrogen) atoms. The van der Waals surface area contributed by atoms with Gasteiger partial charge in [0.15, 0.2) is 5.03 Å². The summed E-state index contributed by atoms with van der Waals surface area (Å²) in [6, 6.07) is 5.28. The SMILES string of the molecule is CCN(C)C(=O)c1ccc2c(c1)CC(NS(=O)(=O)c1cn(C)cn1)CN2Cc1cncn1C. The van der Waals surface area contributed by atoms with Crippen molar-refractivity contribution in [2.75, 3.05) is 25.0 Å². The molecule has 0 fully saturated rings. The van der Waals surface area contributed by atoms with Crippen molar-refractivity contribution in [3.63, 3.8) is 0 Å². The molecule has 4 rings (SSSR count). The molecule has 0 saturated heterocycles. The lowest BCUT2D eigenvalue weighted by atomic mass is 9.96. The van der Waals surface area contributed by atoms with Crippen LogP contribution in [0.5, 0.6) is 0 Å². The zero-order valence-electron chi connectivity index (χ0n) is 19.3. The number of fused-ring (bicyclic) bond motifs is 1. The van der Waals surface area contributed by atoms with E-state index in [1.54, 1.807) is 36.1 Å². The van der Waals surface area contributed by atoms with Gasteiger partial charge in [0.25, 0.3) is 15.9 Å². The summed E-state index contributed by atoms with van der Waals surface area (Å²) in [5.41, 5.74) is 3.50. The molecular weight excluding hydrogens is 442 g/mol. The maximum atomic E-state index is 12.9. The number of aromatic nitrogens is 4. The van der Waals surface area contributed by atoms with Gasteiger partial charge in [-0.25, -0.2) is 23.1 Å². The fourth-order valence-electron chi connectivity index (χ4n) is 4.02. The van der Waals surface area contributed by atoms with Gasteiger partial charge in [-0.15, -0.1) is 0 Å². The van der Waals surface area contributed by atoms with Gasteiger partial charge in [-0.1, -0.05) is 0 Å². The molecule has 3 aromatic rings. The van der Waals surface area contributed by atoms with Gasteiger partial charge in [0.2, 0.25) is 0 Å². The number of carbonyl (C=O) groups excluding carboxylic acids is 1. The summed E-state index contributed by atoms with van der Waals surface area (Å²) in [5.74, 6) is -0.0605. The predicted octanol–water partition coefficient (Wildman–Crippen LogP) is 1.16. The number of sulfonamides is 1. The highest BCUT2D eigenvalue weighted by atomic mass is 32.2. The van der Waals surface area contributed by atoms with Gasteiger partial charge in [0.05, 0.1) is 24.9 Å². The number of rotatable bonds is 7. The van der Waals surface area contributed by atoms with Crippen molar-refractivity contribution in [1.29, 1.82) is 0 Å². The largest absolute Gasteiger partial charge is 0.364 e. The summed E-state index contributed by atoms with van der Waals surface area (Å²) in [5, 5.41) is -0.0116. The van der Waals surface area contributed by atoms with Crippen LogP contribution in [-0.2, 0) is 37.1 Å². The monoisotopic (exact) mass is 471 g/mol. The summed E-state index contributed by atoms with van der Waals surface area (Å²) in [7, 11) is 1.64. The van der Waals surface area contributed by atoms with Crippen LogP contribution >= 0.6 is 0 Å². The number of nitrogens with zero attached hydrogens (tertiary/aromatic N) is 6. The van der Waals surface area contributed by atoms with E-state index in [1.165, 1.54) is 12.5 Å². The topological polar surface area (TPSA) is 105 Å². The maximum absolute atomic E-state index is 12.9. The first-order valence-corrected chi connectivity index (χ1v) is 12.2. The summed E-state index contributed by atoms with van der Waals surface area (Å²) < 4.78 is 32.2. The molecular formula is C22H29N7O3S. The van der Waals surface area contributed by atoms with Crippen LogP contribution in [0, 0.1) is 0 Å². The second kappa shape index (κ2) is 8.99. The lowest BCUT2D eigenvalue weighted by molar-refractivity contribution is 0.0802. The maximum Gasteiger partial charge on any atom is 0.259 e. The smallest absolute Gasteiger partial charge is 0.259 e. The molecule has 1 unspecified atom stereocenters. The minimum atomic E-state index is -3.78. The van der Waals surface area contributed by atoms with Gasteiger partial charge >= 0.3 is 0 Å². The van der Waals surface area contributed by atoms with Crippen LogP contribution in [0.25, 0.3) is 0 Å². The van der Waals surface area contributed by atoms with Crippen LogP contribution in [0.4, 0.5) is 5.69 Å². The number of carbonyl (C=O) groups is 1. The standard InChI is InChI=1S/C22H29N7O3S/c1-5-27(3)22(30)16-6-7-20-17(8-16)9-18(11-29(20)12-19-10-23-14-28(19)4)25-33(31,32)21-13-26(2)15-24-21/h6-8,10,13-15,18,25H,5,9,11-12H2,1-4H3. The van der Waals surface area contributed by atoms with Crippen molar-refractivity contribution in [2.24, 2.45) is 14.1 Å². The van der Waals surface area contributed by atoms with Crippen molar-refractivity contribution in [3.05, 3.63) is 60.1 Å². The molecule has 1 atom stereocenters. The third-order valence-corrected chi connectivity index (χ3v) is 7.35. The second-order valence-corrected chi connectivity index (χ2v) is 10.1. The van der Waals surface area contributed by atoms with E-state index < -0.39 is 10.0 Å². The summed E-state index contributed by atoms with van der Waals surface area (Å²) >= 11 is 0. The van der Waals surface area contributed by atoms with E-state index >= 15 is 0 Å². The molecule has 1 amide bonds. The van der Waals surface area contributed by atoms with Crippen molar-refractivity contribution in [3.8, 4) is 0 Å². The number of anilines is 1. The van der Waals surface area contributed by atoms with Crippen LogP contribution in [0.3, 0.4) is 0 Å². The number of hydrogen-bond donors (Lipinski definition) is 1. The Morgan fingerprint density at radius 2 is 2.06 bits per heavy atom. The molecule has 11 heteroatoms. The van der Waals surface area contributed by atoms with Crippen LogP contribution < -0.4 is 9.62 Å². The lowest BCUT2D eigenvalue weighted by Crippen LogP contribution is -2.48. The molecule has 1 N–H and O–H groups in total. The molecule has 1 aliphatic heterocycles. The summed E-state index contributed by atoms with van der Waals surface area (Å²) in [6.07, 6.45) is 6.95.